The van der Waals surface area contributed by atoms with Crippen molar-refractivity contribution in [1.82, 2.24) is 20.4 Å². The smallest absolute Gasteiger partial charge is 0.191 e. The summed E-state index contributed by atoms with van der Waals surface area (Å²) >= 11 is 0. The third-order valence-corrected chi connectivity index (χ3v) is 4.61. The van der Waals surface area contributed by atoms with Crippen molar-refractivity contribution in [3.05, 3.63) is 35.9 Å². The third kappa shape index (κ3) is 9.73. The van der Waals surface area contributed by atoms with Crippen LogP contribution in [-0.4, -0.2) is 75.2 Å². The molecule has 2 N–H and O–H groups in total. The maximum Gasteiger partial charge on any atom is 0.191 e. The van der Waals surface area contributed by atoms with Crippen molar-refractivity contribution >= 4 is 29.9 Å². The van der Waals surface area contributed by atoms with Crippen molar-refractivity contribution in [2.45, 2.75) is 26.2 Å². The number of hydrogen-bond acceptors (Lipinski definition) is 3. The Morgan fingerprint density at radius 1 is 1.08 bits per heavy atom. The van der Waals surface area contributed by atoms with Gasteiger partial charge in [-0.2, -0.15) is 0 Å². The summed E-state index contributed by atoms with van der Waals surface area (Å²) in [7, 11) is 2.22. The van der Waals surface area contributed by atoms with Crippen LogP contribution < -0.4 is 10.6 Å². The molecule has 1 aromatic carbocycles. The Labute approximate surface area is 176 Å². The van der Waals surface area contributed by atoms with Gasteiger partial charge in [0.2, 0.25) is 0 Å². The van der Waals surface area contributed by atoms with E-state index in [4.69, 9.17) is 4.99 Å². The zero-order valence-electron chi connectivity index (χ0n) is 16.4. The lowest BCUT2D eigenvalue weighted by molar-refractivity contribution is 0.275. The van der Waals surface area contributed by atoms with Crippen LogP contribution in [0.2, 0.25) is 0 Å². The quantitative estimate of drug-likeness (QED) is 0.264. The number of benzene rings is 1. The lowest BCUT2D eigenvalue weighted by Crippen LogP contribution is -2.38. The van der Waals surface area contributed by atoms with Crippen LogP contribution >= 0.6 is 24.0 Å². The second-order valence-electron chi connectivity index (χ2n) is 6.78. The van der Waals surface area contributed by atoms with E-state index in [9.17, 15) is 0 Å². The monoisotopic (exact) mass is 473 g/mol. The zero-order valence-corrected chi connectivity index (χ0v) is 18.7. The van der Waals surface area contributed by atoms with Gasteiger partial charge in [0, 0.05) is 32.7 Å². The van der Waals surface area contributed by atoms with Crippen LogP contribution in [0.3, 0.4) is 0 Å². The SMILES string of the molecule is CCNC(=NCCCN1CCCN(C)CC1)NCCc1ccccc1.I. The van der Waals surface area contributed by atoms with Gasteiger partial charge in [-0.15, -0.1) is 24.0 Å². The van der Waals surface area contributed by atoms with Gasteiger partial charge in [-0.1, -0.05) is 30.3 Å². The molecule has 26 heavy (non-hydrogen) atoms. The highest BCUT2D eigenvalue weighted by Gasteiger charge is 2.11. The molecule has 6 heteroatoms. The molecular weight excluding hydrogens is 437 g/mol. The summed E-state index contributed by atoms with van der Waals surface area (Å²) in [5.74, 6) is 0.939. The molecule has 2 rings (SSSR count). The van der Waals surface area contributed by atoms with Crippen molar-refractivity contribution in [2.24, 2.45) is 4.99 Å². The molecule has 0 saturated carbocycles. The molecule has 1 aromatic rings. The van der Waals surface area contributed by atoms with Crippen LogP contribution in [-0.2, 0) is 6.42 Å². The fourth-order valence-electron chi connectivity index (χ4n) is 3.12. The average Bonchev–Trinajstić information content (AvgIpc) is 2.84. The first-order valence-corrected chi connectivity index (χ1v) is 9.75. The van der Waals surface area contributed by atoms with E-state index in [1.54, 1.807) is 0 Å². The van der Waals surface area contributed by atoms with Gasteiger partial charge in [-0.05, 0) is 58.4 Å². The molecule has 0 atom stereocenters. The van der Waals surface area contributed by atoms with E-state index in [-0.39, 0.29) is 24.0 Å². The highest BCUT2D eigenvalue weighted by Crippen LogP contribution is 2.02. The highest BCUT2D eigenvalue weighted by molar-refractivity contribution is 14.0. The van der Waals surface area contributed by atoms with E-state index in [0.29, 0.717) is 0 Å². The molecule has 1 aliphatic rings. The van der Waals surface area contributed by atoms with E-state index in [0.717, 1.165) is 45.0 Å². The molecule has 1 saturated heterocycles. The van der Waals surface area contributed by atoms with Gasteiger partial charge in [0.25, 0.3) is 0 Å². The topological polar surface area (TPSA) is 42.9 Å². The van der Waals surface area contributed by atoms with Gasteiger partial charge >= 0.3 is 0 Å². The minimum Gasteiger partial charge on any atom is -0.357 e. The van der Waals surface area contributed by atoms with Gasteiger partial charge in [0.05, 0.1) is 0 Å². The maximum atomic E-state index is 4.72. The Morgan fingerprint density at radius 2 is 1.88 bits per heavy atom. The fraction of sp³-hybridized carbons (Fsp3) is 0.650. The lowest BCUT2D eigenvalue weighted by atomic mass is 10.1. The number of nitrogens with zero attached hydrogens (tertiary/aromatic N) is 3. The number of aliphatic imine (C=N–C) groups is 1. The second-order valence-corrected chi connectivity index (χ2v) is 6.78. The van der Waals surface area contributed by atoms with Crippen LogP contribution in [0, 0.1) is 0 Å². The first-order chi connectivity index (χ1) is 12.3. The van der Waals surface area contributed by atoms with Crippen molar-refractivity contribution < 1.29 is 0 Å². The standard InChI is InChI=1S/C20H35N5.HI/c1-3-21-20(23-13-11-19-9-5-4-6-10-19)22-12-7-15-25-16-8-14-24(2)17-18-25;/h4-6,9-10H,3,7-8,11-18H2,1-2H3,(H2,21,22,23);1H. The summed E-state index contributed by atoms with van der Waals surface area (Å²) < 4.78 is 0. The normalized spacial score (nSPS) is 16.6. The van der Waals surface area contributed by atoms with Gasteiger partial charge in [0.1, 0.15) is 0 Å². The predicted molar refractivity (Wildman–Crippen MR) is 123 cm³/mol. The summed E-state index contributed by atoms with van der Waals surface area (Å²) in [6.45, 7) is 10.8. The molecule has 0 bridgehead atoms. The largest absolute Gasteiger partial charge is 0.357 e. The number of hydrogen-bond donors (Lipinski definition) is 2. The van der Waals surface area contributed by atoms with Gasteiger partial charge in [0.15, 0.2) is 5.96 Å². The van der Waals surface area contributed by atoms with E-state index < -0.39 is 0 Å². The van der Waals surface area contributed by atoms with Crippen molar-refractivity contribution in [1.29, 1.82) is 0 Å². The second kappa shape index (κ2) is 14.2. The summed E-state index contributed by atoms with van der Waals surface area (Å²) in [5.41, 5.74) is 1.36. The molecule has 0 radical (unpaired) electrons. The van der Waals surface area contributed by atoms with Crippen molar-refractivity contribution in [3.63, 3.8) is 0 Å². The predicted octanol–water partition coefficient (Wildman–Crippen LogP) is 2.43. The molecule has 148 valence electrons. The average molecular weight is 473 g/mol. The Bertz CT molecular complexity index is 494. The Hall–Kier alpha value is -0.860. The number of guanidine groups is 1. The number of nitrogens with one attached hydrogen (secondary N) is 2. The van der Waals surface area contributed by atoms with Crippen LogP contribution in [0.25, 0.3) is 0 Å². The highest BCUT2D eigenvalue weighted by atomic mass is 127. The first-order valence-electron chi connectivity index (χ1n) is 9.75. The number of halogens is 1. The molecule has 1 fully saturated rings. The molecule has 1 aliphatic heterocycles. The molecule has 0 unspecified atom stereocenters. The molecular formula is C20H36IN5. The van der Waals surface area contributed by atoms with Crippen molar-refractivity contribution in [3.8, 4) is 0 Å². The molecule has 5 nitrogen and oxygen atoms in total. The van der Waals surface area contributed by atoms with Crippen LogP contribution in [0.15, 0.2) is 35.3 Å². The Balaban J connectivity index is 0.00000338. The minimum absolute atomic E-state index is 0. The van der Waals surface area contributed by atoms with Gasteiger partial charge in [-0.25, -0.2) is 0 Å². The minimum atomic E-state index is 0. The van der Waals surface area contributed by atoms with Crippen LogP contribution in [0.1, 0.15) is 25.3 Å². The number of likely N-dealkylation sites (N-methyl/N-ethyl adjacent to an activating group) is 1. The van der Waals surface area contributed by atoms with Gasteiger partial charge in [-0.3, -0.25) is 4.99 Å². The first kappa shape index (κ1) is 23.2. The molecule has 0 aliphatic carbocycles. The van der Waals surface area contributed by atoms with E-state index in [1.165, 1.54) is 38.2 Å². The fourth-order valence-corrected chi connectivity index (χ4v) is 3.12. The van der Waals surface area contributed by atoms with E-state index in [1.807, 2.05) is 0 Å². The number of rotatable bonds is 8. The zero-order chi connectivity index (χ0) is 17.7. The molecule has 0 aromatic heterocycles. The summed E-state index contributed by atoms with van der Waals surface area (Å²) in [4.78, 5) is 9.73. The van der Waals surface area contributed by atoms with Crippen LogP contribution in [0.5, 0.6) is 0 Å². The summed E-state index contributed by atoms with van der Waals surface area (Å²) in [6.07, 6.45) is 3.43. The summed E-state index contributed by atoms with van der Waals surface area (Å²) in [6, 6.07) is 10.6. The Kier molecular flexibility index (Phi) is 12.7. The van der Waals surface area contributed by atoms with Crippen LogP contribution in [0.4, 0.5) is 0 Å². The van der Waals surface area contributed by atoms with Crippen molar-refractivity contribution in [2.75, 3.05) is 59.4 Å². The van der Waals surface area contributed by atoms with Gasteiger partial charge < -0.3 is 20.4 Å². The molecule has 0 spiro atoms. The lowest BCUT2D eigenvalue weighted by Gasteiger charge is -2.19. The Morgan fingerprint density at radius 3 is 2.65 bits per heavy atom. The maximum absolute atomic E-state index is 4.72. The molecule has 1 heterocycles. The summed E-state index contributed by atoms with van der Waals surface area (Å²) in [5, 5.41) is 6.78. The molecule has 0 amide bonds. The van der Waals surface area contributed by atoms with E-state index >= 15 is 0 Å². The third-order valence-electron chi connectivity index (χ3n) is 4.61. The van der Waals surface area contributed by atoms with E-state index in [2.05, 4.69) is 64.7 Å².